The van der Waals surface area contributed by atoms with E-state index in [9.17, 15) is 8.42 Å². The highest BCUT2D eigenvalue weighted by Gasteiger charge is 2.25. The van der Waals surface area contributed by atoms with E-state index in [1.807, 2.05) is 26.0 Å². The first-order valence-electron chi connectivity index (χ1n) is 6.68. The Balaban J connectivity index is 3.24. The lowest BCUT2D eigenvalue weighted by atomic mass is 10.1. The van der Waals surface area contributed by atoms with Crippen LogP contribution in [0.25, 0.3) is 0 Å². The van der Waals surface area contributed by atoms with Crippen LogP contribution >= 0.6 is 11.6 Å². The number of likely N-dealkylation sites (N-methyl/N-ethyl adjacent to an activating group) is 1. The highest BCUT2D eigenvalue weighted by Crippen LogP contribution is 2.23. The van der Waals surface area contributed by atoms with Gasteiger partial charge < -0.3 is 4.74 Å². The van der Waals surface area contributed by atoms with E-state index in [0.717, 1.165) is 11.1 Å². The van der Waals surface area contributed by atoms with Crippen molar-refractivity contribution in [1.82, 2.24) is 4.31 Å². The number of aryl methyl sites for hydroxylation is 1. The first-order chi connectivity index (χ1) is 9.51. The lowest BCUT2D eigenvalue weighted by Crippen LogP contribution is -2.34. The summed E-state index contributed by atoms with van der Waals surface area (Å²) < 4.78 is 31.9. The molecule has 0 saturated carbocycles. The van der Waals surface area contributed by atoms with Crippen LogP contribution in [0.15, 0.2) is 23.1 Å². The van der Waals surface area contributed by atoms with Crippen molar-refractivity contribution in [2.45, 2.75) is 31.0 Å². The van der Waals surface area contributed by atoms with Crippen LogP contribution in [0.4, 0.5) is 0 Å². The summed E-state index contributed by atoms with van der Waals surface area (Å²) >= 11 is 5.81. The molecule has 0 heterocycles. The van der Waals surface area contributed by atoms with Gasteiger partial charge in [-0.3, -0.25) is 0 Å². The molecule has 0 bridgehead atoms. The van der Waals surface area contributed by atoms with E-state index in [2.05, 4.69) is 0 Å². The molecular formula is C14H22ClNO3S. The molecule has 0 N–H and O–H groups in total. The summed E-state index contributed by atoms with van der Waals surface area (Å²) in [4.78, 5) is 0.358. The Labute approximate surface area is 126 Å². The van der Waals surface area contributed by atoms with E-state index in [0.29, 0.717) is 36.9 Å². The van der Waals surface area contributed by atoms with Crippen molar-refractivity contribution in [1.29, 1.82) is 0 Å². The van der Waals surface area contributed by atoms with Gasteiger partial charge in [0.2, 0.25) is 10.0 Å². The first kappa shape index (κ1) is 17.4. The van der Waals surface area contributed by atoms with E-state index < -0.39 is 10.0 Å². The molecule has 0 saturated heterocycles. The van der Waals surface area contributed by atoms with Crippen molar-refractivity contribution in [3.8, 4) is 0 Å². The van der Waals surface area contributed by atoms with Crippen LogP contribution in [0.3, 0.4) is 0 Å². The molecule has 0 unspecified atom stereocenters. The van der Waals surface area contributed by atoms with Crippen molar-refractivity contribution in [3.05, 3.63) is 29.3 Å². The molecule has 0 aliphatic rings. The normalized spacial score (nSPS) is 12.1. The highest BCUT2D eigenvalue weighted by atomic mass is 35.5. The standard InChI is InChI=1S/C14H22ClNO3S/c1-4-13-7-6-12(11-15)10-14(13)20(17,18)16(5-2)8-9-19-3/h6-7,10H,4-5,8-9,11H2,1-3H3. The Morgan fingerprint density at radius 2 is 2.00 bits per heavy atom. The molecule has 1 aromatic rings. The van der Waals surface area contributed by atoms with E-state index in [1.54, 1.807) is 13.2 Å². The average molecular weight is 320 g/mol. The average Bonchev–Trinajstić information content (AvgIpc) is 2.47. The molecule has 0 fully saturated rings. The predicted molar refractivity (Wildman–Crippen MR) is 81.7 cm³/mol. The number of nitrogens with zero attached hydrogens (tertiary/aromatic N) is 1. The Morgan fingerprint density at radius 3 is 2.50 bits per heavy atom. The second-order valence-corrected chi connectivity index (χ2v) is 6.59. The maximum Gasteiger partial charge on any atom is 0.243 e. The molecule has 1 aromatic carbocycles. The van der Waals surface area contributed by atoms with Crippen LogP contribution in [0.1, 0.15) is 25.0 Å². The maximum absolute atomic E-state index is 12.7. The summed E-state index contributed by atoms with van der Waals surface area (Å²) in [5.41, 5.74) is 1.62. The second kappa shape index (κ2) is 7.98. The Kier molecular flexibility index (Phi) is 6.95. The second-order valence-electron chi connectivity index (χ2n) is 4.42. The predicted octanol–water partition coefficient (Wildman–Crippen LogP) is 2.64. The number of ether oxygens (including phenoxy) is 1. The van der Waals surface area contributed by atoms with Crippen LogP contribution in [0, 0.1) is 0 Å². The number of benzene rings is 1. The summed E-state index contributed by atoms with van der Waals surface area (Å²) in [7, 11) is -1.94. The lowest BCUT2D eigenvalue weighted by molar-refractivity contribution is 0.180. The van der Waals surface area contributed by atoms with Crippen molar-refractivity contribution < 1.29 is 13.2 Å². The number of sulfonamides is 1. The molecule has 1 rings (SSSR count). The van der Waals surface area contributed by atoms with Gasteiger partial charge in [0, 0.05) is 26.1 Å². The highest BCUT2D eigenvalue weighted by molar-refractivity contribution is 7.89. The quantitative estimate of drug-likeness (QED) is 0.692. The van der Waals surface area contributed by atoms with Crippen molar-refractivity contribution >= 4 is 21.6 Å². The fourth-order valence-corrected chi connectivity index (χ4v) is 3.94. The van der Waals surface area contributed by atoms with E-state index in [1.165, 1.54) is 4.31 Å². The summed E-state index contributed by atoms with van der Waals surface area (Å²) in [6.07, 6.45) is 0.666. The monoisotopic (exact) mass is 319 g/mol. The van der Waals surface area contributed by atoms with Gasteiger partial charge in [0.05, 0.1) is 11.5 Å². The van der Waals surface area contributed by atoms with Crippen LogP contribution in [-0.2, 0) is 27.1 Å². The zero-order chi connectivity index (χ0) is 15.2. The zero-order valence-corrected chi connectivity index (χ0v) is 13.8. The number of hydrogen-bond acceptors (Lipinski definition) is 3. The molecule has 6 heteroatoms. The molecule has 0 aliphatic heterocycles. The molecule has 0 radical (unpaired) electrons. The molecule has 0 amide bonds. The van der Waals surface area contributed by atoms with Gasteiger partial charge in [0.1, 0.15) is 0 Å². The van der Waals surface area contributed by atoms with Crippen LogP contribution in [0.2, 0.25) is 0 Å². The molecule has 0 atom stereocenters. The fraction of sp³-hybridized carbons (Fsp3) is 0.571. The number of halogens is 1. The van der Waals surface area contributed by atoms with Crippen LogP contribution in [-0.4, -0.2) is 39.5 Å². The SMILES string of the molecule is CCc1ccc(CCl)cc1S(=O)(=O)N(CC)CCOC. The Hall–Kier alpha value is -0.620. The minimum absolute atomic E-state index is 0.302. The van der Waals surface area contributed by atoms with Gasteiger partial charge >= 0.3 is 0 Å². The first-order valence-corrected chi connectivity index (χ1v) is 8.65. The fourth-order valence-electron chi connectivity index (χ4n) is 1.99. The maximum atomic E-state index is 12.7. The molecule has 20 heavy (non-hydrogen) atoms. The third-order valence-electron chi connectivity index (χ3n) is 3.18. The molecule has 0 aliphatic carbocycles. The van der Waals surface area contributed by atoms with Gasteiger partial charge in [0.15, 0.2) is 0 Å². The van der Waals surface area contributed by atoms with Gasteiger partial charge in [0.25, 0.3) is 0 Å². The summed E-state index contributed by atoms with van der Waals surface area (Å²) in [6.45, 7) is 4.91. The molecular weight excluding hydrogens is 298 g/mol. The smallest absolute Gasteiger partial charge is 0.243 e. The summed E-state index contributed by atoms with van der Waals surface area (Å²) in [6, 6.07) is 5.39. The largest absolute Gasteiger partial charge is 0.383 e. The summed E-state index contributed by atoms with van der Waals surface area (Å²) in [5, 5.41) is 0. The van der Waals surface area contributed by atoms with Gasteiger partial charge in [-0.15, -0.1) is 11.6 Å². The van der Waals surface area contributed by atoms with Crippen LogP contribution < -0.4 is 0 Å². The van der Waals surface area contributed by atoms with Crippen LogP contribution in [0.5, 0.6) is 0 Å². The molecule has 114 valence electrons. The van der Waals surface area contributed by atoms with E-state index in [-0.39, 0.29) is 0 Å². The molecule has 0 spiro atoms. The van der Waals surface area contributed by atoms with E-state index >= 15 is 0 Å². The van der Waals surface area contributed by atoms with Gasteiger partial charge in [-0.25, -0.2) is 8.42 Å². The van der Waals surface area contributed by atoms with Gasteiger partial charge in [-0.1, -0.05) is 26.0 Å². The summed E-state index contributed by atoms with van der Waals surface area (Å²) in [5.74, 6) is 0.302. The number of methoxy groups -OCH3 is 1. The number of hydrogen-bond donors (Lipinski definition) is 0. The zero-order valence-electron chi connectivity index (χ0n) is 12.2. The third kappa shape index (κ3) is 3.95. The minimum Gasteiger partial charge on any atom is -0.383 e. The number of rotatable bonds is 8. The van der Waals surface area contributed by atoms with Crippen molar-refractivity contribution in [3.63, 3.8) is 0 Å². The lowest BCUT2D eigenvalue weighted by Gasteiger charge is -2.22. The molecule has 0 aromatic heterocycles. The van der Waals surface area contributed by atoms with Gasteiger partial charge in [-0.05, 0) is 23.6 Å². The molecule has 4 nitrogen and oxygen atoms in total. The minimum atomic E-state index is -3.50. The van der Waals surface area contributed by atoms with E-state index in [4.69, 9.17) is 16.3 Å². The topological polar surface area (TPSA) is 46.6 Å². The Morgan fingerprint density at radius 1 is 1.30 bits per heavy atom. The van der Waals surface area contributed by atoms with Crippen molar-refractivity contribution in [2.24, 2.45) is 0 Å². The van der Waals surface area contributed by atoms with Crippen molar-refractivity contribution in [2.75, 3.05) is 26.8 Å². The number of alkyl halides is 1. The third-order valence-corrected chi connectivity index (χ3v) is 5.55. The van der Waals surface area contributed by atoms with Gasteiger partial charge in [-0.2, -0.15) is 4.31 Å². The Bertz CT molecular complexity index is 531.